The Morgan fingerprint density at radius 1 is 0.833 bits per heavy atom. The molecule has 0 unspecified atom stereocenters. The number of rotatable bonds is 12. The van der Waals surface area contributed by atoms with Gasteiger partial charge >= 0.3 is 11.9 Å². The molecule has 0 aromatic heterocycles. The molecule has 1 amide bonds. The zero-order chi connectivity index (χ0) is 31.6. The van der Waals surface area contributed by atoms with Crippen LogP contribution in [0.1, 0.15) is 54.1 Å². The van der Waals surface area contributed by atoms with E-state index >= 15 is 0 Å². The van der Waals surface area contributed by atoms with Crippen LogP contribution in [0.3, 0.4) is 0 Å². The molecule has 10 nitrogen and oxygen atoms in total. The number of carbonyl (C=O) groups is 4. The Morgan fingerprint density at radius 3 is 1.81 bits per heavy atom. The number of carboxylic acids is 2. The maximum absolute atomic E-state index is 11.2. The van der Waals surface area contributed by atoms with Gasteiger partial charge in [-0.15, -0.1) is 0 Å². The number of aldehydes is 1. The van der Waals surface area contributed by atoms with Crippen molar-refractivity contribution in [3.63, 3.8) is 0 Å². The lowest BCUT2D eigenvalue weighted by molar-refractivity contribution is -0.139. The fourth-order valence-electron chi connectivity index (χ4n) is 3.14. The van der Waals surface area contributed by atoms with E-state index in [1.807, 2.05) is 43.3 Å². The number of nitrogens with two attached hydrogens (primary N) is 3. The summed E-state index contributed by atoms with van der Waals surface area (Å²) in [5.74, 6) is -1.74. The van der Waals surface area contributed by atoms with E-state index in [0.717, 1.165) is 36.9 Å². The maximum atomic E-state index is 11.2. The fourth-order valence-corrected chi connectivity index (χ4v) is 3.14. The first-order chi connectivity index (χ1) is 20.2. The maximum Gasteiger partial charge on any atom is 0.320 e. The molecule has 10 heteroatoms. The molecule has 42 heavy (non-hydrogen) atoms. The highest BCUT2D eigenvalue weighted by atomic mass is 16.4. The van der Waals surface area contributed by atoms with Gasteiger partial charge in [0.05, 0.1) is 6.42 Å². The van der Waals surface area contributed by atoms with Crippen molar-refractivity contribution in [3.05, 3.63) is 102 Å². The van der Waals surface area contributed by atoms with Crippen LogP contribution in [0.2, 0.25) is 0 Å². The summed E-state index contributed by atoms with van der Waals surface area (Å²) >= 11 is 0. The largest absolute Gasteiger partial charge is 0.481 e. The van der Waals surface area contributed by atoms with Crippen molar-refractivity contribution < 1.29 is 29.4 Å². The number of hydrogen-bond acceptors (Lipinski definition) is 7. The summed E-state index contributed by atoms with van der Waals surface area (Å²) < 4.78 is 0. The first kappa shape index (κ1) is 37.6. The van der Waals surface area contributed by atoms with E-state index in [-0.39, 0.29) is 12.3 Å². The predicted octanol–water partition coefficient (Wildman–Crippen LogP) is 3.88. The van der Waals surface area contributed by atoms with Crippen molar-refractivity contribution in [3.8, 4) is 0 Å². The summed E-state index contributed by atoms with van der Waals surface area (Å²) in [4.78, 5) is 41.7. The Kier molecular flexibility index (Phi) is 21.9. The van der Waals surface area contributed by atoms with Crippen molar-refractivity contribution in [2.45, 2.75) is 51.5 Å². The second kappa shape index (κ2) is 24.4. The zero-order valence-corrected chi connectivity index (χ0v) is 24.2. The predicted molar refractivity (Wildman–Crippen MR) is 166 cm³/mol. The van der Waals surface area contributed by atoms with Crippen LogP contribution in [-0.4, -0.2) is 53.5 Å². The molecule has 3 aromatic rings. The number of anilines is 1. The third kappa shape index (κ3) is 20.5. The van der Waals surface area contributed by atoms with Gasteiger partial charge in [-0.05, 0) is 74.2 Å². The second-order valence-electron chi connectivity index (χ2n) is 8.99. The number of benzene rings is 3. The van der Waals surface area contributed by atoms with Crippen molar-refractivity contribution >= 4 is 29.8 Å². The first-order valence-corrected chi connectivity index (χ1v) is 13.7. The summed E-state index contributed by atoms with van der Waals surface area (Å²) in [6.45, 7) is 3.19. The van der Waals surface area contributed by atoms with E-state index in [1.54, 1.807) is 36.4 Å². The average molecular weight is 581 g/mol. The quantitative estimate of drug-likeness (QED) is 0.172. The van der Waals surface area contributed by atoms with E-state index in [4.69, 9.17) is 27.4 Å². The number of nitrogens with one attached hydrogen (secondary N) is 1. The van der Waals surface area contributed by atoms with E-state index in [0.29, 0.717) is 31.4 Å². The van der Waals surface area contributed by atoms with Gasteiger partial charge in [-0.1, -0.05) is 67.6 Å². The topological polar surface area (TPSA) is 199 Å². The smallest absolute Gasteiger partial charge is 0.320 e. The standard InChI is InChI=1S/C11H13NO2.C8H11N.C8H8O2.C5H12N2O2/c1-2-3-11(14)12-10-6-4-9(8-13)5-7-10;9-7-6-8-4-2-1-3-5-8;9-8(10)6-7-4-2-1-3-5-7;6-3-1-2-4(7)5(8)9/h4-8H,2-3H2,1H3,(H,12,14);1-5H,6-7,9H2;1-5H,6H2,(H,9,10);4H,1-3,6-7H2,(H,8,9)/t;;;4-/m...0/s1. The number of carboxylic acid groups (broad SMARTS) is 2. The van der Waals surface area contributed by atoms with Crippen molar-refractivity contribution in [2.75, 3.05) is 18.4 Å². The molecular formula is C32H44N4O6. The minimum absolute atomic E-state index is 0.00588. The van der Waals surface area contributed by atoms with Crippen molar-refractivity contribution in [1.82, 2.24) is 0 Å². The lowest BCUT2D eigenvalue weighted by Crippen LogP contribution is -2.30. The van der Waals surface area contributed by atoms with E-state index < -0.39 is 18.0 Å². The van der Waals surface area contributed by atoms with Crippen LogP contribution in [0.4, 0.5) is 5.69 Å². The van der Waals surface area contributed by atoms with Gasteiger partial charge in [0.25, 0.3) is 0 Å². The minimum Gasteiger partial charge on any atom is -0.481 e. The van der Waals surface area contributed by atoms with Crippen LogP contribution >= 0.6 is 0 Å². The van der Waals surface area contributed by atoms with E-state index in [9.17, 15) is 19.2 Å². The molecular weight excluding hydrogens is 536 g/mol. The van der Waals surface area contributed by atoms with Crippen LogP contribution in [0.25, 0.3) is 0 Å². The molecule has 0 saturated carbocycles. The molecule has 0 aliphatic rings. The Morgan fingerprint density at radius 2 is 1.38 bits per heavy atom. The molecule has 0 spiro atoms. The summed E-state index contributed by atoms with van der Waals surface area (Å²) in [6.07, 6.45) is 4.37. The zero-order valence-electron chi connectivity index (χ0n) is 24.2. The highest BCUT2D eigenvalue weighted by Gasteiger charge is 2.08. The van der Waals surface area contributed by atoms with Crippen LogP contribution in [0.5, 0.6) is 0 Å². The molecule has 9 N–H and O–H groups in total. The molecule has 0 aliphatic heterocycles. The van der Waals surface area contributed by atoms with Crippen LogP contribution in [-0.2, 0) is 27.2 Å². The first-order valence-electron chi connectivity index (χ1n) is 13.7. The summed E-state index contributed by atoms with van der Waals surface area (Å²) in [5.41, 5.74) is 19.1. The normalized spacial score (nSPS) is 10.2. The van der Waals surface area contributed by atoms with Crippen LogP contribution in [0.15, 0.2) is 84.9 Å². The Bertz CT molecular complexity index is 1140. The van der Waals surface area contributed by atoms with Gasteiger partial charge in [0.1, 0.15) is 12.3 Å². The molecule has 0 saturated heterocycles. The molecule has 0 fully saturated rings. The Balaban J connectivity index is 0.000000544. The molecule has 0 aliphatic carbocycles. The summed E-state index contributed by atoms with van der Waals surface area (Å²) in [7, 11) is 0. The molecule has 3 aromatic carbocycles. The van der Waals surface area contributed by atoms with Gasteiger partial charge in [0, 0.05) is 17.7 Å². The molecule has 0 bridgehead atoms. The van der Waals surface area contributed by atoms with Gasteiger partial charge in [0.15, 0.2) is 0 Å². The third-order valence-corrected chi connectivity index (χ3v) is 5.32. The molecule has 0 radical (unpaired) electrons. The van der Waals surface area contributed by atoms with E-state index in [2.05, 4.69) is 17.4 Å². The highest BCUT2D eigenvalue weighted by Crippen LogP contribution is 2.08. The molecule has 228 valence electrons. The summed E-state index contributed by atoms with van der Waals surface area (Å²) in [5, 5.41) is 19.3. The monoisotopic (exact) mass is 580 g/mol. The lowest BCUT2D eigenvalue weighted by Gasteiger charge is -2.03. The van der Waals surface area contributed by atoms with Gasteiger partial charge in [-0.3, -0.25) is 19.2 Å². The van der Waals surface area contributed by atoms with E-state index in [1.165, 1.54) is 5.56 Å². The van der Waals surface area contributed by atoms with Gasteiger partial charge in [0.2, 0.25) is 5.91 Å². The number of carbonyl (C=O) groups excluding carboxylic acids is 2. The molecule has 1 atom stereocenters. The number of hydrogen-bond donors (Lipinski definition) is 6. The Labute approximate surface area is 247 Å². The SMILES string of the molecule is CCCC(=O)Nc1ccc(C=O)cc1.NCCC[C@H](N)C(=O)O.NCCc1ccccc1.O=C(O)Cc1ccccc1. The minimum atomic E-state index is -0.955. The lowest BCUT2D eigenvalue weighted by atomic mass is 10.2. The number of aliphatic carboxylic acids is 2. The third-order valence-electron chi connectivity index (χ3n) is 5.32. The fraction of sp³-hybridized carbons (Fsp3) is 0.312. The number of amides is 1. The highest BCUT2D eigenvalue weighted by molar-refractivity contribution is 5.91. The van der Waals surface area contributed by atoms with Crippen molar-refractivity contribution in [1.29, 1.82) is 0 Å². The van der Waals surface area contributed by atoms with Crippen molar-refractivity contribution in [2.24, 2.45) is 17.2 Å². The molecule has 0 heterocycles. The average Bonchev–Trinajstić information content (AvgIpc) is 2.98. The molecule has 3 rings (SSSR count). The summed E-state index contributed by atoms with van der Waals surface area (Å²) in [6, 6.07) is 25.4. The van der Waals surface area contributed by atoms with Gasteiger partial charge in [-0.25, -0.2) is 0 Å². The Hall–Kier alpha value is -4.38. The van der Waals surface area contributed by atoms with Crippen LogP contribution in [0, 0.1) is 0 Å². The second-order valence-corrected chi connectivity index (χ2v) is 8.99. The van der Waals surface area contributed by atoms with Crippen LogP contribution < -0.4 is 22.5 Å². The van der Waals surface area contributed by atoms with Gasteiger partial charge in [-0.2, -0.15) is 0 Å². The van der Waals surface area contributed by atoms with Gasteiger partial charge < -0.3 is 32.7 Å².